The lowest BCUT2D eigenvalue weighted by molar-refractivity contribution is -0.149. The van der Waals surface area contributed by atoms with Crippen LogP contribution in [0.2, 0.25) is 5.02 Å². The van der Waals surface area contributed by atoms with Crippen LogP contribution in [0, 0.1) is 11.7 Å². The molecule has 1 fully saturated rings. The number of halogens is 2. The molecule has 22 heavy (non-hydrogen) atoms. The summed E-state index contributed by atoms with van der Waals surface area (Å²) in [4.78, 5) is 11.3. The number of carbonyl (C=O) groups is 1. The van der Waals surface area contributed by atoms with Gasteiger partial charge in [0.2, 0.25) is 10.0 Å². The average Bonchev–Trinajstić information content (AvgIpc) is 2.47. The van der Waals surface area contributed by atoms with E-state index in [4.69, 9.17) is 16.3 Å². The van der Waals surface area contributed by atoms with Crippen LogP contribution in [-0.4, -0.2) is 38.4 Å². The number of nitrogens with zero attached hydrogens (tertiary/aromatic N) is 1. The molecule has 122 valence electrons. The van der Waals surface area contributed by atoms with Gasteiger partial charge in [-0.1, -0.05) is 11.6 Å². The van der Waals surface area contributed by atoms with Crippen molar-refractivity contribution in [1.82, 2.24) is 4.31 Å². The van der Waals surface area contributed by atoms with E-state index in [1.54, 1.807) is 6.92 Å². The van der Waals surface area contributed by atoms with Gasteiger partial charge in [-0.25, -0.2) is 12.8 Å². The highest BCUT2D eigenvalue weighted by Crippen LogP contribution is 2.27. The van der Waals surface area contributed by atoms with Crippen molar-refractivity contribution in [3.05, 3.63) is 29.0 Å². The number of ether oxygens (including phenoxy) is 1. The summed E-state index contributed by atoms with van der Waals surface area (Å²) in [5, 5.41) is 0.137. The zero-order valence-electron chi connectivity index (χ0n) is 12.1. The normalized spacial score (nSPS) is 17.4. The Bertz CT molecular complexity index is 657. The van der Waals surface area contributed by atoms with Crippen molar-refractivity contribution in [2.24, 2.45) is 5.92 Å². The average molecular weight is 350 g/mol. The van der Waals surface area contributed by atoms with Gasteiger partial charge in [-0.2, -0.15) is 4.31 Å². The first-order valence-corrected chi connectivity index (χ1v) is 8.80. The van der Waals surface area contributed by atoms with Gasteiger partial charge in [0, 0.05) is 18.1 Å². The maximum atomic E-state index is 13.8. The Labute approximate surface area is 134 Å². The summed E-state index contributed by atoms with van der Waals surface area (Å²) >= 11 is 5.64. The fourth-order valence-electron chi connectivity index (χ4n) is 2.42. The maximum absolute atomic E-state index is 13.8. The molecule has 8 heteroatoms. The van der Waals surface area contributed by atoms with Gasteiger partial charge in [-0.05, 0) is 38.0 Å². The van der Waals surface area contributed by atoms with E-state index in [0.29, 0.717) is 19.4 Å². The van der Waals surface area contributed by atoms with Crippen molar-refractivity contribution >= 4 is 27.6 Å². The first-order valence-electron chi connectivity index (χ1n) is 6.98. The first kappa shape index (κ1) is 17.2. The monoisotopic (exact) mass is 349 g/mol. The molecule has 1 aliphatic heterocycles. The van der Waals surface area contributed by atoms with Crippen molar-refractivity contribution in [2.45, 2.75) is 24.7 Å². The van der Waals surface area contributed by atoms with Gasteiger partial charge in [0.15, 0.2) is 0 Å². The Kier molecular flexibility index (Phi) is 5.41. The Balaban J connectivity index is 2.11. The van der Waals surface area contributed by atoms with Gasteiger partial charge < -0.3 is 4.74 Å². The van der Waals surface area contributed by atoms with Crippen LogP contribution in [-0.2, 0) is 19.6 Å². The number of rotatable bonds is 4. The fraction of sp³-hybridized carbons (Fsp3) is 0.500. The predicted octanol–water partition coefficient (Wildman–Crippen LogP) is 2.44. The van der Waals surface area contributed by atoms with E-state index < -0.39 is 20.7 Å². The van der Waals surface area contributed by atoms with Gasteiger partial charge in [0.05, 0.1) is 12.5 Å². The molecular weight excluding hydrogens is 333 g/mol. The molecule has 0 unspecified atom stereocenters. The molecule has 0 atom stereocenters. The molecule has 0 radical (unpaired) electrons. The zero-order valence-corrected chi connectivity index (χ0v) is 13.7. The molecule has 0 saturated carbocycles. The Hall–Kier alpha value is -1.18. The number of hydrogen-bond acceptors (Lipinski definition) is 4. The van der Waals surface area contributed by atoms with Crippen LogP contribution in [0.15, 0.2) is 23.1 Å². The van der Waals surface area contributed by atoms with Gasteiger partial charge >= 0.3 is 5.97 Å². The molecule has 0 bridgehead atoms. The summed E-state index contributed by atoms with van der Waals surface area (Å²) in [5.41, 5.74) is 0. The summed E-state index contributed by atoms with van der Waals surface area (Å²) in [6.45, 7) is 2.34. The number of benzene rings is 1. The topological polar surface area (TPSA) is 63.7 Å². The minimum absolute atomic E-state index is 0.137. The molecule has 1 aromatic rings. The van der Waals surface area contributed by atoms with E-state index in [-0.39, 0.29) is 30.0 Å². The standard InChI is InChI=1S/C14H17ClFNO4S/c1-2-21-14(18)10-5-7-17(8-6-10)22(19,20)13-4-3-11(15)9-12(13)16/h3-4,9-10H,2,5-8H2,1H3. The molecule has 1 heterocycles. The van der Waals surface area contributed by atoms with Crippen LogP contribution in [0.1, 0.15) is 19.8 Å². The lowest BCUT2D eigenvalue weighted by atomic mass is 9.98. The number of sulfonamides is 1. The fourth-order valence-corrected chi connectivity index (χ4v) is 4.09. The SMILES string of the molecule is CCOC(=O)C1CCN(S(=O)(=O)c2ccc(Cl)cc2F)CC1. The Morgan fingerprint density at radius 1 is 1.41 bits per heavy atom. The molecule has 1 saturated heterocycles. The predicted molar refractivity (Wildman–Crippen MR) is 79.5 cm³/mol. The molecular formula is C14H17ClFNO4S. The summed E-state index contributed by atoms with van der Waals surface area (Å²) < 4.78 is 44.9. The van der Waals surface area contributed by atoms with Crippen LogP contribution in [0.4, 0.5) is 4.39 Å². The lowest BCUT2D eigenvalue weighted by Crippen LogP contribution is -2.40. The maximum Gasteiger partial charge on any atom is 0.309 e. The molecule has 1 aromatic carbocycles. The second kappa shape index (κ2) is 6.93. The number of piperidine rings is 1. The molecule has 2 rings (SSSR count). The van der Waals surface area contributed by atoms with Crippen molar-refractivity contribution in [3.63, 3.8) is 0 Å². The van der Waals surface area contributed by atoms with Crippen molar-refractivity contribution < 1.29 is 22.3 Å². The van der Waals surface area contributed by atoms with Crippen molar-refractivity contribution in [2.75, 3.05) is 19.7 Å². The highest BCUT2D eigenvalue weighted by Gasteiger charge is 2.34. The van der Waals surface area contributed by atoms with Crippen LogP contribution < -0.4 is 0 Å². The smallest absolute Gasteiger partial charge is 0.309 e. The minimum atomic E-state index is -3.92. The van der Waals surface area contributed by atoms with Gasteiger partial charge in [-0.15, -0.1) is 0 Å². The van der Waals surface area contributed by atoms with E-state index >= 15 is 0 Å². The first-order chi connectivity index (χ1) is 10.4. The Morgan fingerprint density at radius 3 is 2.59 bits per heavy atom. The molecule has 0 aromatic heterocycles. The highest BCUT2D eigenvalue weighted by atomic mass is 35.5. The zero-order chi connectivity index (χ0) is 16.3. The van der Waals surface area contributed by atoms with Crippen LogP contribution in [0.3, 0.4) is 0 Å². The number of esters is 1. The molecule has 0 spiro atoms. The Morgan fingerprint density at radius 2 is 2.05 bits per heavy atom. The summed E-state index contributed by atoms with van der Waals surface area (Å²) in [6, 6.07) is 3.47. The largest absolute Gasteiger partial charge is 0.466 e. The summed E-state index contributed by atoms with van der Waals surface area (Å²) in [7, 11) is -3.92. The molecule has 0 amide bonds. The second-order valence-electron chi connectivity index (χ2n) is 5.01. The summed E-state index contributed by atoms with van der Waals surface area (Å²) in [6.07, 6.45) is 0.737. The van der Waals surface area contributed by atoms with Crippen molar-refractivity contribution in [1.29, 1.82) is 0 Å². The third-order valence-electron chi connectivity index (χ3n) is 3.59. The van der Waals surface area contributed by atoms with Gasteiger partial charge in [0.1, 0.15) is 10.7 Å². The number of hydrogen-bond donors (Lipinski definition) is 0. The minimum Gasteiger partial charge on any atom is -0.466 e. The molecule has 0 N–H and O–H groups in total. The molecule has 1 aliphatic rings. The third kappa shape index (κ3) is 3.59. The van der Waals surface area contributed by atoms with Crippen LogP contribution in [0.25, 0.3) is 0 Å². The van der Waals surface area contributed by atoms with Crippen LogP contribution >= 0.6 is 11.6 Å². The summed E-state index contributed by atoms with van der Waals surface area (Å²) in [5.74, 6) is -1.49. The lowest BCUT2D eigenvalue weighted by Gasteiger charge is -2.30. The molecule has 5 nitrogen and oxygen atoms in total. The van der Waals surface area contributed by atoms with E-state index in [2.05, 4.69) is 0 Å². The number of carbonyl (C=O) groups excluding carboxylic acids is 1. The highest BCUT2D eigenvalue weighted by molar-refractivity contribution is 7.89. The van der Waals surface area contributed by atoms with Gasteiger partial charge in [0.25, 0.3) is 0 Å². The van der Waals surface area contributed by atoms with E-state index in [1.807, 2.05) is 0 Å². The van der Waals surface area contributed by atoms with E-state index in [0.717, 1.165) is 12.1 Å². The van der Waals surface area contributed by atoms with Gasteiger partial charge in [-0.3, -0.25) is 4.79 Å². The quantitative estimate of drug-likeness (QED) is 0.783. The van der Waals surface area contributed by atoms with Crippen LogP contribution in [0.5, 0.6) is 0 Å². The van der Waals surface area contributed by atoms with Crippen molar-refractivity contribution in [3.8, 4) is 0 Å². The second-order valence-corrected chi connectivity index (χ2v) is 7.35. The van der Waals surface area contributed by atoms with E-state index in [1.165, 1.54) is 10.4 Å². The van der Waals surface area contributed by atoms with E-state index in [9.17, 15) is 17.6 Å². The third-order valence-corrected chi connectivity index (χ3v) is 5.75. The molecule has 0 aliphatic carbocycles.